The highest BCUT2D eigenvalue weighted by Gasteiger charge is 2.23. The number of carbonyl (C=O) groups is 1. The lowest BCUT2D eigenvalue weighted by molar-refractivity contribution is 0.0601. The van der Waals surface area contributed by atoms with Crippen molar-refractivity contribution in [3.63, 3.8) is 0 Å². The van der Waals surface area contributed by atoms with Crippen LogP contribution < -0.4 is 10.6 Å². The summed E-state index contributed by atoms with van der Waals surface area (Å²) < 4.78 is 5.67. The van der Waals surface area contributed by atoms with Gasteiger partial charge in [-0.1, -0.05) is 15.9 Å². The number of nitrogens with zero attached hydrogens (tertiary/aromatic N) is 1. The molecule has 1 aliphatic rings. The van der Waals surface area contributed by atoms with Crippen LogP contribution in [0.2, 0.25) is 0 Å². The molecule has 1 aromatic carbocycles. The Morgan fingerprint density at radius 2 is 2.35 bits per heavy atom. The number of ether oxygens (including phenoxy) is 1. The Labute approximate surface area is 109 Å². The van der Waals surface area contributed by atoms with Gasteiger partial charge in [-0.2, -0.15) is 0 Å². The quantitative estimate of drug-likeness (QED) is 0.846. The lowest BCUT2D eigenvalue weighted by Crippen LogP contribution is -2.27. The van der Waals surface area contributed by atoms with Crippen LogP contribution in [-0.2, 0) is 4.74 Å². The van der Waals surface area contributed by atoms with Crippen molar-refractivity contribution in [3.8, 4) is 0 Å². The smallest absolute Gasteiger partial charge is 0.340 e. The van der Waals surface area contributed by atoms with Crippen molar-refractivity contribution in [1.82, 2.24) is 0 Å². The molecular weight excluding hydrogens is 284 g/mol. The molecular formula is C12H15BrN2O2. The van der Waals surface area contributed by atoms with Crippen molar-refractivity contribution < 1.29 is 9.53 Å². The predicted molar refractivity (Wildman–Crippen MR) is 70.3 cm³/mol. The van der Waals surface area contributed by atoms with E-state index in [1.807, 2.05) is 12.1 Å². The number of carbonyl (C=O) groups excluding carboxylic acids is 1. The predicted octanol–water partition coefficient (Wildman–Crippen LogP) is 1.77. The van der Waals surface area contributed by atoms with E-state index in [-0.39, 0.29) is 12.0 Å². The van der Waals surface area contributed by atoms with Gasteiger partial charge in [-0.3, -0.25) is 0 Å². The van der Waals surface area contributed by atoms with Crippen LogP contribution in [0, 0.1) is 0 Å². The van der Waals surface area contributed by atoms with Crippen LogP contribution in [0.3, 0.4) is 0 Å². The van der Waals surface area contributed by atoms with E-state index in [0.717, 1.165) is 29.7 Å². The summed E-state index contributed by atoms with van der Waals surface area (Å²) in [5.74, 6) is -0.318. The van der Waals surface area contributed by atoms with Crippen LogP contribution in [0.1, 0.15) is 16.8 Å². The van der Waals surface area contributed by atoms with Crippen molar-refractivity contribution >= 4 is 27.6 Å². The van der Waals surface area contributed by atoms with E-state index in [9.17, 15) is 4.79 Å². The maximum absolute atomic E-state index is 11.7. The molecule has 1 aromatic rings. The second kappa shape index (κ2) is 5.06. The van der Waals surface area contributed by atoms with E-state index in [1.165, 1.54) is 7.11 Å². The van der Waals surface area contributed by atoms with Gasteiger partial charge in [-0.05, 0) is 24.6 Å². The number of methoxy groups -OCH3 is 1. The van der Waals surface area contributed by atoms with E-state index in [0.29, 0.717) is 5.56 Å². The molecule has 1 saturated heterocycles. The molecule has 1 atom stereocenters. The summed E-state index contributed by atoms with van der Waals surface area (Å²) in [6.07, 6.45) is 0.955. The van der Waals surface area contributed by atoms with Gasteiger partial charge >= 0.3 is 5.97 Å². The zero-order valence-electron chi connectivity index (χ0n) is 9.65. The van der Waals surface area contributed by atoms with Crippen LogP contribution in [-0.4, -0.2) is 32.2 Å². The number of anilines is 1. The molecule has 0 bridgehead atoms. The van der Waals surface area contributed by atoms with Crippen LogP contribution in [0.5, 0.6) is 0 Å². The summed E-state index contributed by atoms with van der Waals surface area (Å²) in [4.78, 5) is 13.9. The normalized spacial score (nSPS) is 19.5. The molecule has 2 N–H and O–H groups in total. The third kappa shape index (κ3) is 2.61. The topological polar surface area (TPSA) is 55.6 Å². The van der Waals surface area contributed by atoms with Gasteiger partial charge in [0.2, 0.25) is 0 Å². The summed E-state index contributed by atoms with van der Waals surface area (Å²) in [7, 11) is 1.39. The summed E-state index contributed by atoms with van der Waals surface area (Å²) in [6.45, 7) is 1.67. The number of benzene rings is 1. The monoisotopic (exact) mass is 298 g/mol. The molecule has 92 valence electrons. The number of hydrogen-bond donors (Lipinski definition) is 1. The van der Waals surface area contributed by atoms with E-state index in [2.05, 4.69) is 20.8 Å². The average molecular weight is 299 g/mol. The number of halogens is 1. The molecule has 1 aliphatic heterocycles. The number of rotatable bonds is 2. The van der Waals surface area contributed by atoms with Crippen LogP contribution in [0.15, 0.2) is 22.7 Å². The fourth-order valence-electron chi connectivity index (χ4n) is 2.06. The molecule has 0 spiro atoms. The third-order valence-electron chi connectivity index (χ3n) is 2.93. The Morgan fingerprint density at radius 1 is 1.59 bits per heavy atom. The molecule has 0 unspecified atom stereocenters. The highest BCUT2D eigenvalue weighted by Crippen LogP contribution is 2.27. The molecule has 5 heteroatoms. The summed E-state index contributed by atoms with van der Waals surface area (Å²) in [6, 6.07) is 5.81. The molecule has 1 fully saturated rings. The van der Waals surface area contributed by atoms with Gasteiger partial charge < -0.3 is 15.4 Å². The van der Waals surface area contributed by atoms with Crippen molar-refractivity contribution in [2.24, 2.45) is 5.73 Å². The van der Waals surface area contributed by atoms with Gasteiger partial charge in [0, 0.05) is 23.6 Å². The molecule has 0 amide bonds. The first kappa shape index (κ1) is 12.4. The number of hydrogen-bond acceptors (Lipinski definition) is 4. The molecule has 0 saturated carbocycles. The fraction of sp³-hybridized carbons (Fsp3) is 0.417. The summed E-state index contributed by atoms with van der Waals surface area (Å²) in [5, 5.41) is 0. The van der Waals surface area contributed by atoms with Gasteiger partial charge in [0.25, 0.3) is 0 Å². The fourth-order valence-corrected chi connectivity index (χ4v) is 2.42. The second-order valence-electron chi connectivity index (χ2n) is 4.15. The molecule has 0 radical (unpaired) electrons. The van der Waals surface area contributed by atoms with Crippen LogP contribution >= 0.6 is 15.9 Å². The van der Waals surface area contributed by atoms with E-state index >= 15 is 0 Å². The molecule has 17 heavy (non-hydrogen) atoms. The number of nitrogens with two attached hydrogens (primary N) is 1. The lowest BCUT2D eigenvalue weighted by Gasteiger charge is -2.20. The highest BCUT2D eigenvalue weighted by molar-refractivity contribution is 9.10. The Bertz CT molecular complexity index is 437. The Balaban J connectivity index is 2.35. The van der Waals surface area contributed by atoms with Crippen LogP contribution in [0.25, 0.3) is 0 Å². The summed E-state index contributed by atoms with van der Waals surface area (Å²) in [5.41, 5.74) is 7.36. The maximum Gasteiger partial charge on any atom is 0.340 e. The first-order valence-corrected chi connectivity index (χ1v) is 6.29. The lowest BCUT2D eigenvalue weighted by atomic mass is 10.1. The van der Waals surface area contributed by atoms with Crippen molar-refractivity contribution in [2.75, 3.05) is 25.1 Å². The van der Waals surface area contributed by atoms with Crippen LogP contribution in [0.4, 0.5) is 5.69 Å². The third-order valence-corrected chi connectivity index (χ3v) is 3.42. The zero-order chi connectivity index (χ0) is 12.4. The average Bonchev–Trinajstić information content (AvgIpc) is 2.74. The zero-order valence-corrected chi connectivity index (χ0v) is 11.2. The molecule has 4 nitrogen and oxygen atoms in total. The van der Waals surface area contributed by atoms with Gasteiger partial charge in [0.05, 0.1) is 18.4 Å². The largest absolute Gasteiger partial charge is 0.465 e. The SMILES string of the molecule is COC(=O)c1cc(Br)ccc1N1CC[C@@H](N)C1. The molecule has 0 aromatic heterocycles. The molecule has 2 rings (SSSR count). The molecule has 1 heterocycles. The van der Waals surface area contributed by atoms with E-state index < -0.39 is 0 Å². The van der Waals surface area contributed by atoms with Crippen molar-refractivity contribution in [2.45, 2.75) is 12.5 Å². The van der Waals surface area contributed by atoms with Gasteiger partial charge in [-0.15, -0.1) is 0 Å². The van der Waals surface area contributed by atoms with Gasteiger partial charge in [0.15, 0.2) is 0 Å². The highest BCUT2D eigenvalue weighted by atomic mass is 79.9. The minimum atomic E-state index is -0.318. The van der Waals surface area contributed by atoms with Crippen molar-refractivity contribution in [1.29, 1.82) is 0 Å². The van der Waals surface area contributed by atoms with Crippen molar-refractivity contribution in [3.05, 3.63) is 28.2 Å². The Kier molecular flexibility index (Phi) is 3.69. The minimum absolute atomic E-state index is 0.184. The maximum atomic E-state index is 11.7. The minimum Gasteiger partial charge on any atom is -0.465 e. The summed E-state index contributed by atoms with van der Waals surface area (Å²) >= 11 is 3.36. The Hall–Kier alpha value is -1.07. The first-order valence-electron chi connectivity index (χ1n) is 5.50. The second-order valence-corrected chi connectivity index (χ2v) is 5.06. The van der Waals surface area contributed by atoms with E-state index in [1.54, 1.807) is 6.07 Å². The molecule has 0 aliphatic carbocycles. The number of esters is 1. The van der Waals surface area contributed by atoms with E-state index in [4.69, 9.17) is 10.5 Å². The standard InChI is InChI=1S/C12H15BrN2O2/c1-17-12(16)10-6-8(13)2-3-11(10)15-5-4-9(14)7-15/h2-3,6,9H,4-5,7,14H2,1H3/t9-/m1/s1. The Morgan fingerprint density at radius 3 is 2.94 bits per heavy atom. The van der Waals surface area contributed by atoms with Gasteiger partial charge in [0.1, 0.15) is 0 Å². The first-order chi connectivity index (χ1) is 8.11. The van der Waals surface area contributed by atoms with Gasteiger partial charge in [-0.25, -0.2) is 4.79 Å².